The lowest BCUT2D eigenvalue weighted by molar-refractivity contribution is -0.153. The van der Waals surface area contributed by atoms with Crippen molar-refractivity contribution in [3.8, 4) is 11.8 Å². The van der Waals surface area contributed by atoms with E-state index in [1.165, 1.54) is 31.6 Å². The van der Waals surface area contributed by atoms with Crippen LogP contribution in [0, 0.1) is 12.7 Å². The topological polar surface area (TPSA) is 186 Å². The van der Waals surface area contributed by atoms with Gasteiger partial charge in [-0.1, -0.05) is 13.3 Å². The van der Waals surface area contributed by atoms with Crippen molar-refractivity contribution in [2.45, 2.75) is 39.2 Å². The highest BCUT2D eigenvalue weighted by Crippen LogP contribution is 2.37. The molecule has 0 aliphatic carbocycles. The third-order valence-corrected chi connectivity index (χ3v) is 7.52. The molecule has 1 fully saturated rings. The quantitative estimate of drug-likeness (QED) is 0.124. The fraction of sp³-hybridized carbons (Fsp3) is 0.467. The zero-order valence-corrected chi connectivity index (χ0v) is 26.1. The Balaban J connectivity index is 1.39. The monoisotopic (exact) mass is 638 g/mol. The van der Waals surface area contributed by atoms with Gasteiger partial charge in [0.2, 0.25) is 6.79 Å². The minimum Gasteiger partial charge on any atom is -0.427 e. The fourth-order valence-corrected chi connectivity index (χ4v) is 5.13. The Morgan fingerprint density at radius 3 is 2.65 bits per heavy atom. The average molecular weight is 639 g/mol. The molecule has 1 aliphatic rings. The molecule has 1 unspecified atom stereocenters. The highest BCUT2D eigenvalue weighted by molar-refractivity contribution is 6.15. The third-order valence-electron chi connectivity index (χ3n) is 7.52. The number of fused-ring (bicyclic) bond motifs is 3. The van der Waals surface area contributed by atoms with Crippen molar-refractivity contribution in [2.24, 2.45) is 5.73 Å². The number of benzene rings is 1. The number of esters is 1. The van der Waals surface area contributed by atoms with E-state index in [4.69, 9.17) is 19.9 Å². The summed E-state index contributed by atoms with van der Waals surface area (Å²) in [5.41, 5.74) is 7.14. The van der Waals surface area contributed by atoms with E-state index in [1.807, 2.05) is 4.90 Å². The second-order valence-electron chi connectivity index (χ2n) is 11.0. The van der Waals surface area contributed by atoms with E-state index in [9.17, 15) is 9.59 Å². The zero-order valence-electron chi connectivity index (χ0n) is 26.1. The number of hydrogen-bond acceptors (Lipinski definition) is 13. The largest absolute Gasteiger partial charge is 0.427 e. The first-order valence-electron chi connectivity index (χ1n) is 15.2. The number of aromatic amines is 1. The summed E-state index contributed by atoms with van der Waals surface area (Å²) in [7, 11) is 1.43. The van der Waals surface area contributed by atoms with Gasteiger partial charge in [0, 0.05) is 51.2 Å². The Labute approximate surface area is 265 Å². The van der Waals surface area contributed by atoms with Crippen molar-refractivity contribution in [2.75, 3.05) is 63.3 Å². The second-order valence-corrected chi connectivity index (χ2v) is 11.0. The SMILES string of the molecule is CCCC(N)CCNc1nc(Oc2cnc(C)nc2)nc2[nH]c3c(N(C)C(=O)OCOC(=O)CN4CCNCC4)cc(F)cc3c12. The van der Waals surface area contributed by atoms with Crippen molar-refractivity contribution in [3.05, 3.63) is 36.2 Å². The van der Waals surface area contributed by atoms with Crippen molar-refractivity contribution < 1.29 is 28.2 Å². The number of aromatic nitrogens is 5. The molecule has 0 spiro atoms. The molecular weight excluding hydrogens is 599 g/mol. The number of hydrogen-bond donors (Lipinski definition) is 4. The Morgan fingerprint density at radius 2 is 1.91 bits per heavy atom. The van der Waals surface area contributed by atoms with Gasteiger partial charge in [-0.05, 0) is 31.9 Å². The summed E-state index contributed by atoms with van der Waals surface area (Å²) in [5, 5.41) is 7.44. The normalized spacial score (nSPS) is 14.3. The summed E-state index contributed by atoms with van der Waals surface area (Å²) < 4.78 is 31.2. The molecule has 1 atom stereocenters. The molecule has 15 nitrogen and oxygen atoms in total. The molecule has 5 rings (SSSR count). The van der Waals surface area contributed by atoms with Gasteiger partial charge in [-0.3, -0.25) is 14.6 Å². The number of aryl methyl sites for hydroxylation is 1. The lowest BCUT2D eigenvalue weighted by atomic mass is 10.1. The maximum atomic E-state index is 15.1. The van der Waals surface area contributed by atoms with Crippen LogP contribution in [0.2, 0.25) is 0 Å². The van der Waals surface area contributed by atoms with E-state index < -0.39 is 24.7 Å². The highest BCUT2D eigenvalue weighted by atomic mass is 19.1. The van der Waals surface area contributed by atoms with Gasteiger partial charge in [0.05, 0.1) is 35.5 Å². The van der Waals surface area contributed by atoms with Crippen LogP contribution < -0.4 is 26.0 Å². The first kappa shape index (κ1) is 32.7. The molecule has 1 saturated heterocycles. The third kappa shape index (κ3) is 8.13. The van der Waals surface area contributed by atoms with Gasteiger partial charge in [-0.2, -0.15) is 9.97 Å². The summed E-state index contributed by atoms with van der Waals surface area (Å²) in [6.07, 6.45) is 4.69. The number of piperazine rings is 1. The van der Waals surface area contributed by atoms with E-state index in [2.05, 4.69) is 42.5 Å². The highest BCUT2D eigenvalue weighted by Gasteiger charge is 2.23. The van der Waals surface area contributed by atoms with Crippen molar-refractivity contribution in [1.82, 2.24) is 35.1 Å². The first-order valence-corrected chi connectivity index (χ1v) is 15.2. The maximum Gasteiger partial charge on any atom is 0.416 e. The van der Waals surface area contributed by atoms with Crippen molar-refractivity contribution in [1.29, 1.82) is 0 Å². The van der Waals surface area contributed by atoms with Crippen LogP contribution in [-0.4, -0.2) is 101 Å². The zero-order chi connectivity index (χ0) is 32.6. The van der Waals surface area contributed by atoms with E-state index in [0.29, 0.717) is 52.3 Å². The smallest absolute Gasteiger partial charge is 0.416 e. The number of rotatable bonds is 13. The molecule has 0 saturated carbocycles. The molecule has 46 heavy (non-hydrogen) atoms. The lowest BCUT2D eigenvalue weighted by Gasteiger charge is -2.26. The summed E-state index contributed by atoms with van der Waals surface area (Å²) in [6, 6.07) is 2.54. The van der Waals surface area contributed by atoms with Gasteiger partial charge in [0.15, 0.2) is 5.75 Å². The fourth-order valence-electron chi connectivity index (χ4n) is 5.13. The number of carbonyl (C=O) groups excluding carboxylic acids is 2. The number of halogens is 1. The summed E-state index contributed by atoms with van der Waals surface area (Å²) >= 11 is 0. The van der Waals surface area contributed by atoms with E-state index in [0.717, 1.165) is 43.9 Å². The predicted molar refractivity (Wildman–Crippen MR) is 169 cm³/mol. The number of anilines is 2. The first-order chi connectivity index (χ1) is 22.2. The lowest BCUT2D eigenvalue weighted by Crippen LogP contribution is -2.45. The molecule has 246 valence electrons. The Morgan fingerprint density at radius 1 is 1.15 bits per heavy atom. The molecule has 0 radical (unpaired) electrons. The predicted octanol–water partition coefficient (Wildman–Crippen LogP) is 3.05. The average Bonchev–Trinajstić information content (AvgIpc) is 3.40. The van der Waals surface area contributed by atoms with Crippen molar-refractivity contribution in [3.63, 3.8) is 0 Å². The molecule has 1 amide bonds. The van der Waals surface area contributed by atoms with Crippen LogP contribution in [-0.2, 0) is 14.3 Å². The molecule has 1 aromatic carbocycles. The van der Waals surface area contributed by atoms with Crippen LogP contribution >= 0.6 is 0 Å². The van der Waals surface area contributed by atoms with E-state index in [1.54, 1.807) is 6.92 Å². The maximum absolute atomic E-state index is 15.1. The van der Waals surface area contributed by atoms with Gasteiger partial charge in [0.1, 0.15) is 23.1 Å². The standard InChI is InChI=1S/C30H39FN10O5/c1-4-5-20(32)6-7-34-27-25-22-12-19(31)13-23(40(3)30(43)45-17-44-24(42)16-41-10-8-33-9-11-41)26(22)37-28(25)39-29(38-27)46-21-14-35-18(2)36-15-21/h12-15,20,33H,4-11,16-17,32H2,1-3H3,(H2,34,37,38,39). The number of nitrogens with one attached hydrogen (secondary N) is 3. The molecule has 4 heterocycles. The van der Waals surface area contributed by atoms with Crippen LogP contribution in [0.15, 0.2) is 24.5 Å². The molecule has 16 heteroatoms. The number of nitrogens with zero attached hydrogens (tertiary/aromatic N) is 6. The number of ether oxygens (including phenoxy) is 3. The van der Waals surface area contributed by atoms with Gasteiger partial charge < -0.3 is 35.6 Å². The van der Waals surface area contributed by atoms with Gasteiger partial charge >= 0.3 is 18.1 Å². The number of H-pyrrole nitrogens is 1. The summed E-state index contributed by atoms with van der Waals surface area (Å²) in [5.74, 6) is 0.195. The molecule has 5 N–H and O–H groups in total. The van der Waals surface area contributed by atoms with Gasteiger partial charge in [-0.15, -0.1) is 0 Å². The van der Waals surface area contributed by atoms with Crippen LogP contribution in [0.4, 0.5) is 20.7 Å². The van der Waals surface area contributed by atoms with E-state index in [-0.39, 0.29) is 24.3 Å². The molecule has 0 bridgehead atoms. The van der Waals surface area contributed by atoms with Crippen molar-refractivity contribution >= 4 is 45.5 Å². The van der Waals surface area contributed by atoms with Crippen LogP contribution in [0.5, 0.6) is 11.8 Å². The van der Waals surface area contributed by atoms with Crippen LogP contribution in [0.3, 0.4) is 0 Å². The second kappa shape index (κ2) is 15.1. The Hall–Kier alpha value is -4.67. The Kier molecular flexibility index (Phi) is 10.7. The van der Waals surface area contributed by atoms with E-state index >= 15 is 4.39 Å². The molecule has 4 aromatic rings. The van der Waals surface area contributed by atoms with Gasteiger partial charge in [0.25, 0.3) is 0 Å². The summed E-state index contributed by atoms with van der Waals surface area (Å²) in [6.45, 7) is 6.86. The van der Waals surface area contributed by atoms with Gasteiger partial charge in [-0.25, -0.2) is 19.2 Å². The number of nitrogens with two attached hydrogens (primary N) is 1. The van der Waals surface area contributed by atoms with Crippen LogP contribution in [0.25, 0.3) is 21.9 Å². The number of amides is 1. The molecular formula is C30H39FN10O5. The minimum absolute atomic E-state index is 0.00303. The Bertz CT molecular complexity index is 1660. The number of carbonyl (C=O) groups is 2. The van der Waals surface area contributed by atoms with Crippen LogP contribution in [0.1, 0.15) is 32.0 Å². The molecule has 3 aromatic heterocycles. The summed E-state index contributed by atoms with van der Waals surface area (Å²) in [4.78, 5) is 48.8. The minimum atomic E-state index is -0.849. The molecule has 1 aliphatic heterocycles.